The van der Waals surface area contributed by atoms with Crippen molar-refractivity contribution in [3.8, 4) is 44.8 Å². The number of likely N-dealkylation sites (tertiary alicyclic amines) is 2. The van der Waals surface area contributed by atoms with E-state index < -0.39 is 18.2 Å². The summed E-state index contributed by atoms with van der Waals surface area (Å²) in [5, 5.41) is 6.56. The van der Waals surface area contributed by atoms with E-state index >= 15 is 0 Å². The molecule has 3 atom stereocenters. The van der Waals surface area contributed by atoms with Gasteiger partial charge in [0.1, 0.15) is 11.6 Å². The van der Waals surface area contributed by atoms with Crippen molar-refractivity contribution in [3.63, 3.8) is 0 Å². The number of alkyl carbamates (subject to hydrolysis) is 1. The number of fused-ring (bicyclic) bond motifs is 1. The Kier molecular flexibility index (Phi) is 12.8. The van der Waals surface area contributed by atoms with Crippen LogP contribution in [0.5, 0.6) is 0 Å². The Balaban J connectivity index is 0.975. The van der Waals surface area contributed by atoms with Crippen molar-refractivity contribution >= 4 is 28.9 Å². The first-order valence-electron chi connectivity index (χ1n) is 22.0. The number of nitrogens with zero attached hydrogens (tertiary/aromatic N) is 4. The van der Waals surface area contributed by atoms with Crippen LogP contribution < -0.4 is 10.6 Å². The predicted molar refractivity (Wildman–Crippen MR) is 248 cm³/mol. The lowest BCUT2D eigenvalue weighted by Gasteiger charge is -2.29. The Labute approximate surface area is 374 Å². The number of nitrogens with one attached hydrogen (secondary N) is 3. The van der Waals surface area contributed by atoms with Gasteiger partial charge in [0.25, 0.3) is 5.91 Å². The van der Waals surface area contributed by atoms with E-state index in [0.717, 1.165) is 111 Å². The summed E-state index contributed by atoms with van der Waals surface area (Å²) in [5.74, 6) is 1.49. The van der Waals surface area contributed by atoms with Crippen LogP contribution in [0.25, 0.3) is 55.5 Å². The highest BCUT2D eigenvalue weighted by atomic mass is 16.5. The number of hydrogen-bond acceptors (Lipinski definition) is 8. The van der Waals surface area contributed by atoms with Crippen LogP contribution in [0.1, 0.15) is 77.1 Å². The van der Waals surface area contributed by atoms with Crippen molar-refractivity contribution in [1.82, 2.24) is 35.1 Å². The molecule has 2 aromatic heterocycles. The number of nitrogens with two attached hydrogens (primary N) is 1. The fourth-order valence-electron chi connectivity index (χ4n) is 9.20. The molecule has 2 fully saturated rings. The summed E-state index contributed by atoms with van der Waals surface area (Å²) in [6, 6.07) is 29.3. The van der Waals surface area contributed by atoms with Gasteiger partial charge in [-0.3, -0.25) is 10.1 Å². The smallest absolute Gasteiger partial charge is 0.453 e. The third kappa shape index (κ3) is 8.80. The van der Waals surface area contributed by atoms with Crippen LogP contribution in [0.4, 0.5) is 9.59 Å². The Morgan fingerprint density at radius 1 is 0.719 bits per heavy atom. The summed E-state index contributed by atoms with van der Waals surface area (Å²) < 4.78 is 9.70. The van der Waals surface area contributed by atoms with Crippen LogP contribution >= 0.6 is 0 Å². The van der Waals surface area contributed by atoms with E-state index in [-0.39, 0.29) is 23.9 Å². The number of aromatic amines is 2. The molecule has 4 aromatic carbocycles. The number of methoxy groups -OCH3 is 2. The highest BCUT2D eigenvalue weighted by molar-refractivity contribution is 6.04. The van der Waals surface area contributed by atoms with E-state index in [1.165, 1.54) is 19.5 Å². The molecule has 2 aliphatic rings. The SMILES string of the molecule is C=C(C(NC(=O)OC)=C(C)C)N1CCCC1c1ncc(-c2ccc(-c3cccc4c(-c5ccc(-c6cnc(C7CCCN7C(=O)C([NH2+]C(=O)OC)C(C)C)[nH]6)cc5)cccc34)cc2)[nH]1. The van der Waals surface area contributed by atoms with Gasteiger partial charge >= 0.3 is 12.2 Å². The van der Waals surface area contributed by atoms with Crippen molar-refractivity contribution in [2.45, 2.75) is 71.5 Å². The minimum absolute atomic E-state index is 0.00384. The normalized spacial score (nSPS) is 16.5. The van der Waals surface area contributed by atoms with E-state index in [1.807, 2.05) is 45.0 Å². The zero-order valence-electron chi connectivity index (χ0n) is 37.4. The fourth-order valence-corrected chi connectivity index (χ4v) is 9.20. The average molecular weight is 862 g/mol. The first kappa shape index (κ1) is 43.7. The molecule has 0 aliphatic carbocycles. The maximum absolute atomic E-state index is 13.7. The van der Waals surface area contributed by atoms with Crippen LogP contribution in [0.2, 0.25) is 0 Å². The Bertz CT molecular complexity index is 2710. The fraction of sp³-hybridized carbons (Fsp3) is 0.314. The van der Waals surface area contributed by atoms with Crippen LogP contribution in [-0.2, 0) is 14.3 Å². The van der Waals surface area contributed by atoms with E-state index in [1.54, 1.807) is 0 Å². The molecule has 8 rings (SSSR count). The molecular formula is C51H57N8O5+. The Morgan fingerprint density at radius 2 is 1.20 bits per heavy atom. The number of carbonyl (C=O) groups excluding carboxylic acids is 3. The molecule has 0 spiro atoms. The van der Waals surface area contributed by atoms with Gasteiger partial charge in [-0.25, -0.2) is 20.1 Å². The summed E-state index contributed by atoms with van der Waals surface area (Å²) in [6.45, 7) is 13.6. The van der Waals surface area contributed by atoms with E-state index in [0.29, 0.717) is 12.2 Å². The third-order valence-corrected chi connectivity index (χ3v) is 12.6. The lowest BCUT2D eigenvalue weighted by molar-refractivity contribution is -0.601. The summed E-state index contributed by atoms with van der Waals surface area (Å²) in [4.78, 5) is 58.6. The van der Waals surface area contributed by atoms with Gasteiger partial charge in [-0.1, -0.05) is 111 Å². The standard InChI is InChI=1S/C51H56N8O5/c1-30(2)45(56-50(61)63-6)32(5)58-26-10-16-43(58)47-52-28-41(54-47)35-22-18-33(19-23-35)37-12-8-15-40-38(13-9-14-39(37)40)34-20-24-36(25-21-34)42-29-53-48(55-42)44-17-11-27-59(44)49(60)46(31(3)4)57-51(62)64-7/h8-9,12-15,18-25,28-29,31,43-44,46H,5,10-11,16-17,26-27H2,1-4,6-7H3,(H,52,54)(H,53,55)(H,56,61)(H,57,62)/p+1. The van der Waals surface area contributed by atoms with Crippen molar-refractivity contribution < 1.29 is 29.2 Å². The molecule has 6 aromatic rings. The number of benzene rings is 4. The lowest BCUT2D eigenvalue weighted by Crippen LogP contribution is -2.96. The molecule has 4 heterocycles. The van der Waals surface area contributed by atoms with E-state index in [9.17, 15) is 14.4 Å². The minimum atomic E-state index is -0.562. The summed E-state index contributed by atoms with van der Waals surface area (Å²) >= 11 is 0. The van der Waals surface area contributed by atoms with Gasteiger partial charge in [0.15, 0.2) is 6.04 Å². The molecule has 0 bridgehead atoms. The number of imidazole rings is 2. The van der Waals surface area contributed by atoms with Crippen molar-refractivity contribution in [2.75, 3.05) is 27.3 Å². The number of ether oxygens (including phenoxy) is 2. The summed E-state index contributed by atoms with van der Waals surface area (Å²) in [6.07, 6.45) is 6.28. The van der Waals surface area contributed by atoms with Gasteiger partial charge in [0.05, 0.1) is 61.5 Å². The number of allylic oxidation sites excluding steroid dienone is 1. The minimum Gasteiger partial charge on any atom is -0.453 e. The van der Waals surface area contributed by atoms with Gasteiger partial charge < -0.3 is 29.2 Å². The van der Waals surface area contributed by atoms with Gasteiger partial charge in [-0.05, 0) is 83.7 Å². The Hall–Kier alpha value is -6.99. The first-order chi connectivity index (χ1) is 30.9. The van der Waals surface area contributed by atoms with Gasteiger partial charge in [0.2, 0.25) is 0 Å². The van der Waals surface area contributed by atoms with Crippen molar-refractivity contribution in [2.24, 2.45) is 5.92 Å². The molecule has 3 amide bonds. The molecule has 13 nitrogen and oxygen atoms in total. The number of H-pyrrole nitrogens is 2. The second-order valence-electron chi connectivity index (χ2n) is 17.2. The topological polar surface area (TPSA) is 162 Å². The summed E-state index contributed by atoms with van der Waals surface area (Å²) in [7, 11) is 2.68. The predicted octanol–water partition coefficient (Wildman–Crippen LogP) is 9.27. The second-order valence-corrected chi connectivity index (χ2v) is 17.2. The number of carbonyl (C=O) groups is 3. The average Bonchev–Trinajstić information content (AvgIpc) is 4.16. The molecule has 0 radical (unpaired) electrons. The highest BCUT2D eigenvalue weighted by Gasteiger charge is 2.40. The number of amides is 3. The largest absolute Gasteiger partial charge is 0.513 e. The molecule has 2 aliphatic heterocycles. The molecule has 13 heteroatoms. The van der Waals surface area contributed by atoms with E-state index in [4.69, 9.17) is 19.4 Å². The van der Waals surface area contributed by atoms with Crippen molar-refractivity contribution in [3.05, 3.63) is 133 Å². The van der Waals surface area contributed by atoms with Crippen LogP contribution in [-0.4, -0.2) is 81.2 Å². The first-order valence-corrected chi connectivity index (χ1v) is 22.0. The Morgan fingerprint density at radius 3 is 1.67 bits per heavy atom. The van der Waals surface area contributed by atoms with Crippen LogP contribution in [0.3, 0.4) is 0 Å². The molecule has 64 heavy (non-hydrogen) atoms. The third-order valence-electron chi connectivity index (χ3n) is 12.6. The zero-order chi connectivity index (χ0) is 45.1. The quantitative estimate of drug-likeness (QED) is 0.0886. The molecule has 0 saturated carbocycles. The monoisotopic (exact) mass is 861 g/mol. The van der Waals surface area contributed by atoms with Crippen LogP contribution in [0, 0.1) is 5.92 Å². The van der Waals surface area contributed by atoms with Gasteiger partial charge in [-0.15, -0.1) is 0 Å². The number of hydrogen-bond donors (Lipinski definition) is 4. The number of primary amides is 1. The van der Waals surface area contributed by atoms with Crippen molar-refractivity contribution in [1.29, 1.82) is 0 Å². The molecular weight excluding hydrogens is 805 g/mol. The van der Waals surface area contributed by atoms with Crippen LogP contribution in [0.15, 0.2) is 121 Å². The molecule has 5 N–H and O–H groups in total. The lowest BCUT2D eigenvalue weighted by atomic mass is 9.92. The number of aromatic nitrogens is 4. The number of rotatable bonds is 12. The van der Waals surface area contributed by atoms with Gasteiger partial charge in [-0.2, -0.15) is 4.79 Å². The maximum atomic E-state index is 13.7. The molecule has 2 saturated heterocycles. The second kappa shape index (κ2) is 18.8. The zero-order valence-corrected chi connectivity index (χ0v) is 37.4. The molecule has 3 unspecified atom stereocenters. The van der Waals surface area contributed by atoms with E-state index in [2.05, 4.69) is 112 Å². The highest BCUT2D eigenvalue weighted by Crippen LogP contribution is 2.39. The molecule has 330 valence electrons. The van der Waals surface area contributed by atoms with Gasteiger partial charge in [0, 0.05) is 19.0 Å². The number of quaternary nitrogens is 1. The summed E-state index contributed by atoms with van der Waals surface area (Å²) in [5.41, 5.74) is 10.7. The maximum Gasteiger partial charge on any atom is 0.513 e.